The van der Waals surface area contributed by atoms with E-state index in [-0.39, 0.29) is 11.2 Å². The smallest absolute Gasteiger partial charge is 0.255 e. The van der Waals surface area contributed by atoms with Crippen molar-refractivity contribution in [3.05, 3.63) is 41.9 Å². The maximum absolute atomic E-state index is 12.8. The molecule has 0 spiro atoms. The molecule has 0 aliphatic rings. The first-order valence-corrected chi connectivity index (χ1v) is 9.24. The Morgan fingerprint density at radius 3 is 2.52 bits per heavy atom. The van der Waals surface area contributed by atoms with Crippen molar-refractivity contribution in [3.63, 3.8) is 0 Å². The predicted molar refractivity (Wildman–Crippen MR) is 101 cm³/mol. The highest BCUT2D eigenvalue weighted by atomic mass is 32.1. The van der Waals surface area contributed by atoms with Gasteiger partial charge in [-0.1, -0.05) is 26.8 Å². The molecule has 0 aliphatic carbocycles. The molecule has 1 N–H and O–H groups in total. The number of fused-ring (bicyclic) bond motifs is 3. The van der Waals surface area contributed by atoms with E-state index in [0.29, 0.717) is 5.69 Å². The Labute approximate surface area is 157 Å². The number of thiophene rings is 1. The SMILES string of the molecule is CC(C)(C)Cc1ccc2sc3c(-c4n[nH]c(C(F)(F)F)n4)nccc3c2c1. The van der Waals surface area contributed by atoms with E-state index in [4.69, 9.17) is 0 Å². The van der Waals surface area contributed by atoms with Gasteiger partial charge in [0.05, 0.1) is 4.70 Å². The first kappa shape index (κ1) is 17.9. The van der Waals surface area contributed by atoms with Crippen LogP contribution in [0.4, 0.5) is 13.2 Å². The average Bonchev–Trinajstić information content (AvgIpc) is 3.17. The third-order valence-corrected chi connectivity index (χ3v) is 5.34. The number of aromatic nitrogens is 4. The van der Waals surface area contributed by atoms with E-state index in [2.05, 4.69) is 54.0 Å². The van der Waals surface area contributed by atoms with Crippen LogP contribution >= 0.6 is 11.3 Å². The molecule has 1 aromatic carbocycles. The zero-order valence-electron chi connectivity index (χ0n) is 15.0. The normalized spacial score (nSPS) is 13.0. The fourth-order valence-electron chi connectivity index (χ4n) is 3.13. The molecule has 4 nitrogen and oxygen atoms in total. The van der Waals surface area contributed by atoms with Crippen LogP contribution in [0.3, 0.4) is 0 Å². The molecule has 4 aromatic rings. The third kappa shape index (κ3) is 3.41. The van der Waals surface area contributed by atoms with E-state index >= 15 is 0 Å². The van der Waals surface area contributed by atoms with Gasteiger partial charge in [0.1, 0.15) is 5.69 Å². The van der Waals surface area contributed by atoms with Crippen molar-refractivity contribution < 1.29 is 13.2 Å². The topological polar surface area (TPSA) is 54.5 Å². The Bertz CT molecular complexity index is 1140. The maximum Gasteiger partial charge on any atom is 0.451 e. The van der Waals surface area contributed by atoms with Crippen molar-refractivity contribution in [1.82, 2.24) is 20.2 Å². The minimum absolute atomic E-state index is 0.0469. The lowest BCUT2D eigenvalue weighted by molar-refractivity contribution is -0.144. The van der Waals surface area contributed by atoms with Crippen molar-refractivity contribution in [3.8, 4) is 11.5 Å². The molecule has 0 fully saturated rings. The summed E-state index contributed by atoms with van der Waals surface area (Å²) in [5, 5.41) is 7.71. The van der Waals surface area contributed by atoms with Crippen LogP contribution < -0.4 is 0 Å². The summed E-state index contributed by atoms with van der Waals surface area (Å²) < 4.78 is 40.3. The molecular formula is C19H17F3N4S. The lowest BCUT2D eigenvalue weighted by Gasteiger charge is -2.18. The number of aromatic amines is 1. The highest BCUT2D eigenvalue weighted by molar-refractivity contribution is 7.26. The number of alkyl halides is 3. The van der Waals surface area contributed by atoms with Gasteiger partial charge in [-0.05, 0) is 35.6 Å². The van der Waals surface area contributed by atoms with Gasteiger partial charge in [-0.2, -0.15) is 18.3 Å². The fourth-order valence-corrected chi connectivity index (χ4v) is 4.29. The molecule has 3 aromatic heterocycles. The molecule has 0 saturated heterocycles. The first-order valence-electron chi connectivity index (χ1n) is 8.42. The van der Waals surface area contributed by atoms with E-state index in [1.54, 1.807) is 6.20 Å². The Morgan fingerprint density at radius 1 is 1.07 bits per heavy atom. The number of hydrogen-bond acceptors (Lipinski definition) is 4. The summed E-state index contributed by atoms with van der Waals surface area (Å²) in [6.07, 6.45) is -2.04. The van der Waals surface area contributed by atoms with Gasteiger partial charge in [-0.25, -0.2) is 4.98 Å². The Kier molecular flexibility index (Phi) is 3.99. The van der Waals surface area contributed by atoms with Crippen molar-refractivity contribution >= 4 is 31.5 Å². The summed E-state index contributed by atoms with van der Waals surface area (Å²) in [6.45, 7) is 6.56. The summed E-state index contributed by atoms with van der Waals surface area (Å²) in [5.41, 5.74) is 1.75. The molecule has 3 heterocycles. The van der Waals surface area contributed by atoms with Crippen LogP contribution in [0.1, 0.15) is 32.2 Å². The second-order valence-electron chi connectivity index (χ2n) is 7.71. The molecule has 0 aliphatic heterocycles. The summed E-state index contributed by atoms with van der Waals surface area (Å²) >= 11 is 1.49. The van der Waals surface area contributed by atoms with Gasteiger partial charge in [0.2, 0.25) is 11.6 Å². The Hall–Kier alpha value is -2.48. The molecule has 0 bridgehead atoms. The number of nitrogens with zero attached hydrogens (tertiary/aromatic N) is 3. The van der Waals surface area contributed by atoms with Crippen LogP contribution in [-0.2, 0) is 12.6 Å². The zero-order valence-corrected chi connectivity index (χ0v) is 15.8. The molecule has 0 amide bonds. The second kappa shape index (κ2) is 6.02. The molecule has 4 rings (SSSR count). The van der Waals surface area contributed by atoms with Crippen LogP contribution in [0.15, 0.2) is 30.5 Å². The molecule has 27 heavy (non-hydrogen) atoms. The predicted octanol–water partition coefficient (Wildman–Crippen LogP) is 5.84. The van der Waals surface area contributed by atoms with Gasteiger partial charge in [-0.15, -0.1) is 11.3 Å². The monoisotopic (exact) mass is 390 g/mol. The largest absolute Gasteiger partial charge is 0.451 e. The fraction of sp³-hybridized carbons (Fsp3) is 0.316. The highest BCUT2D eigenvalue weighted by Crippen LogP contribution is 2.39. The van der Waals surface area contributed by atoms with E-state index in [1.807, 2.05) is 11.2 Å². The third-order valence-electron chi connectivity index (χ3n) is 4.15. The first-order chi connectivity index (χ1) is 12.6. The summed E-state index contributed by atoms with van der Waals surface area (Å²) in [6, 6.07) is 8.20. The van der Waals surface area contributed by atoms with E-state index < -0.39 is 12.0 Å². The van der Waals surface area contributed by atoms with Crippen LogP contribution in [0, 0.1) is 5.41 Å². The number of nitrogens with one attached hydrogen (secondary N) is 1. The van der Waals surface area contributed by atoms with Crippen molar-refractivity contribution in [1.29, 1.82) is 0 Å². The van der Waals surface area contributed by atoms with Crippen molar-refractivity contribution in [2.45, 2.75) is 33.4 Å². The molecule has 0 unspecified atom stereocenters. The lowest BCUT2D eigenvalue weighted by Crippen LogP contribution is -2.08. The molecule has 0 atom stereocenters. The molecule has 0 saturated carbocycles. The Morgan fingerprint density at radius 2 is 1.85 bits per heavy atom. The average molecular weight is 390 g/mol. The van der Waals surface area contributed by atoms with Crippen LogP contribution in [0.2, 0.25) is 0 Å². The van der Waals surface area contributed by atoms with Gasteiger partial charge < -0.3 is 0 Å². The van der Waals surface area contributed by atoms with Crippen LogP contribution in [0.25, 0.3) is 31.7 Å². The minimum Gasteiger partial charge on any atom is -0.255 e. The van der Waals surface area contributed by atoms with Gasteiger partial charge in [-0.3, -0.25) is 10.1 Å². The number of halogens is 3. The number of rotatable bonds is 2. The van der Waals surface area contributed by atoms with E-state index in [0.717, 1.165) is 26.6 Å². The Balaban J connectivity index is 1.86. The lowest BCUT2D eigenvalue weighted by atomic mass is 9.88. The summed E-state index contributed by atoms with van der Waals surface area (Å²) in [4.78, 5) is 7.84. The van der Waals surface area contributed by atoms with Gasteiger partial charge in [0.25, 0.3) is 0 Å². The molecule has 0 radical (unpaired) electrons. The van der Waals surface area contributed by atoms with Crippen molar-refractivity contribution in [2.75, 3.05) is 0 Å². The van der Waals surface area contributed by atoms with Gasteiger partial charge in [0, 0.05) is 21.7 Å². The summed E-state index contributed by atoms with van der Waals surface area (Å²) in [7, 11) is 0. The number of H-pyrrole nitrogens is 1. The number of benzene rings is 1. The molecule has 140 valence electrons. The second-order valence-corrected chi connectivity index (χ2v) is 8.76. The van der Waals surface area contributed by atoms with Gasteiger partial charge >= 0.3 is 6.18 Å². The zero-order chi connectivity index (χ0) is 19.4. The maximum atomic E-state index is 12.8. The van der Waals surface area contributed by atoms with Crippen molar-refractivity contribution in [2.24, 2.45) is 5.41 Å². The number of pyridine rings is 1. The van der Waals surface area contributed by atoms with Gasteiger partial charge in [0.15, 0.2) is 0 Å². The minimum atomic E-state index is -4.57. The molecular weight excluding hydrogens is 373 g/mol. The quantitative estimate of drug-likeness (QED) is 0.468. The molecule has 8 heteroatoms. The van der Waals surface area contributed by atoms with E-state index in [1.165, 1.54) is 16.9 Å². The van der Waals surface area contributed by atoms with Crippen LogP contribution in [0.5, 0.6) is 0 Å². The highest BCUT2D eigenvalue weighted by Gasteiger charge is 2.35. The van der Waals surface area contributed by atoms with E-state index in [9.17, 15) is 13.2 Å². The summed E-state index contributed by atoms with van der Waals surface area (Å²) in [5.74, 6) is -1.17. The number of hydrogen-bond donors (Lipinski definition) is 1. The standard InChI is InChI=1S/C19H17F3N4S/c1-18(2,3)9-10-4-5-13-12(8-10)11-6-7-23-14(15(11)27-13)16-24-17(26-25-16)19(20,21)22/h4-8H,9H2,1-3H3,(H,24,25,26). The van der Waals surface area contributed by atoms with Crippen LogP contribution in [-0.4, -0.2) is 20.2 Å².